The summed E-state index contributed by atoms with van der Waals surface area (Å²) in [4.78, 5) is 12.1. The maximum Gasteiger partial charge on any atom is 0.343 e. The van der Waals surface area contributed by atoms with Crippen molar-refractivity contribution in [2.75, 3.05) is 0 Å². The molecule has 0 aromatic carbocycles. The van der Waals surface area contributed by atoms with E-state index in [9.17, 15) is 9.90 Å². The highest BCUT2D eigenvalue weighted by molar-refractivity contribution is 5.91. The molecule has 0 saturated heterocycles. The van der Waals surface area contributed by atoms with Gasteiger partial charge in [-0.3, -0.25) is 0 Å². The van der Waals surface area contributed by atoms with Crippen molar-refractivity contribution in [2.24, 2.45) is 5.92 Å². The van der Waals surface area contributed by atoms with E-state index >= 15 is 0 Å². The number of allylic oxidation sites excluding steroid dienone is 1. The molecule has 1 aliphatic carbocycles. The number of esters is 1. The van der Waals surface area contributed by atoms with Crippen molar-refractivity contribution >= 4 is 5.97 Å². The fourth-order valence-electron chi connectivity index (χ4n) is 3.00. The molecule has 19 heavy (non-hydrogen) atoms. The zero-order valence-electron chi connectivity index (χ0n) is 12.1. The quantitative estimate of drug-likeness (QED) is 0.800. The zero-order chi connectivity index (χ0) is 14.0. The van der Waals surface area contributed by atoms with Crippen LogP contribution >= 0.6 is 0 Å². The van der Waals surface area contributed by atoms with Gasteiger partial charge in [-0.15, -0.1) is 0 Å². The van der Waals surface area contributed by atoms with Crippen molar-refractivity contribution in [1.82, 2.24) is 0 Å². The molecular weight excluding hydrogens is 244 g/mol. The summed E-state index contributed by atoms with van der Waals surface area (Å²) >= 11 is 0. The molecule has 0 amide bonds. The molecule has 4 heteroatoms. The lowest BCUT2D eigenvalue weighted by molar-refractivity contribution is -0.210. The van der Waals surface area contributed by atoms with Crippen LogP contribution in [0, 0.1) is 5.92 Å². The van der Waals surface area contributed by atoms with Gasteiger partial charge in [0.25, 0.3) is 0 Å². The van der Waals surface area contributed by atoms with Gasteiger partial charge in [0.1, 0.15) is 11.3 Å². The second kappa shape index (κ2) is 5.53. The molecule has 0 spiro atoms. The number of carbonyl (C=O) groups is 1. The number of aliphatic hydroxyl groups excluding tert-OH is 1. The van der Waals surface area contributed by atoms with Crippen molar-refractivity contribution in [1.29, 1.82) is 0 Å². The summed E-state index contributed by atoms with van der Waals surface area (Å²) in [5.74, 6) is -0.619. The predicted octanol–water partition coefficient (Wildman–Crippen LogP) is 2.90. The maximum absolute atomic E-state index is 12.1. The van der Waals surface area contributed by atoms with Crippen LogP contribution in [0.25, 0.3) is 0 Å². The Hall–Kier alpha value is -1.03. The minimum Gasteiger partial charge on any atom is -0.457 e. The van der Waals surface area contributed by atoms with Crippen molar-refractivity contribution in [2.45, 2.75) is 71.2 Å². The molecule has 2 rings (SSSR count). The van der Waals surface area contributed by atoms with Gasteiger partial charge in [-0.05, 0) is 18.8 Å². The lowest BCUT2D eigenvalue weighted by atomic mass is 9.82. The Labute approximate surface area is 114 Å². The normalized spacial score (nSPS) is 25.8. The Morgan fingerprint density at radius 1 is 1.26 bits per heavy atom. The third-order valence-electron chi connectivity index (χ3n) is 3.94. The van der Waals surface area contributed by atoms with Gasteiger partial charge in [0, 0.05) is 20.3 Å². The molecule has 0 aromatic rings. The Morgan fingerprint density at radius 2 is 1.89 bits per heavy atom. The molecule has 0 bridgehead atoms. The molecule has 1 atom stereocenters. The maximum atomic E-state index is 12.1. The van der Waals surface area contributed by atoms with Crippen LogP contribution in [0.1, 0.15) is 59.3 Å². The fourth-order valence-corrected chi connectivity index (χ4v) is 3.00. The standard InChI is InChI=1S/C15H24O4/c1-4-11-12(14(17)19-15(2,3)18-11)13(16)10-8-6-5-7-9-10/h10,13,16H,4-9H2,1-3H3. The molecule has 4 nitrogen and oxygen atoms in total. The van der Waals surface area contributed by atoms with Gasteiger partial charge in [0.2, 0.25) is 5.79 Å². The molecule has 2 aliphatic rings. The first-order valence-corrected chi connectivity index (χ1v) is 7.28. The van der Waals surface area contributed by atoms with Crippen molar-refractivity contribution in [3.05, 3.63) is 11.3 Å². The van der Waals surface area contributed by atoms with Gasteiger partial charge in [-0.25, -0.2) is 4.79 Å². The molecule has 108 valence electrons. The number of rotatable bonds is 3. The van der Waals surface area contributed by atoms with Crippen LogP contribution in [0.4, 0.5) is 0 Å². The first-order chi connectivity index (χ1) is 8.94. The predicted molar refractivity (Wildman–Crippen MR) is 71.2 cm³/mol. The molecule has 0 radical (unpaired) electrons. The molecule has 1 fully saturated rings. The average Bonchev–Trinajstić information content (AvgIpc) is 2.37. The van der Waals surface area contributed by atoms with E-state index in [1.54, 1.807) is 13.8 Å². The van der Waals surface area contributed by atoms with Gasteiger partial charge >= 0.3 is 5.97 Å². The summed E-state index contributed by atoms with van der Waals surface area (Å²) in [5.41, 5.74) is 0.341. The van der Waals surface area contributed by atoms with Crippen LogP contribution in [-0.2, 0) is 14.3 Å². The molecule has 1 N–H and O–H groups in total. The monoisotopic (exact) mass is 268 g/mol. The highest BCUT2D eigenvalue weighted by Gasteiger charge is 2.40. The molecule has 0 aromatic heterocycles. The second-order valence-electron chi connectivity index (χ2n) is 5.92. The Kier molecular flexibility index (Phi) is 4.19. The number of hydrogen-bond acceptors (Lipinski definition) is 4. The van der Waals surface area contributed by atoms with E-state index in [-0.39, 0.29) is 5.92 Å². The van der Waals surface area contributed by atoms with Gasteiger partial charge in [-0.1, -0.05) is 26.2 Å². The molecular formula is C15H24O4. The minimum atomic E-state index is -0.932. The number of carbonyl (C=O) groups excluding carboxylic acids is 1. The molecule has 1 heterocycles. The average molecular weight is 268 g/mol. The van der Waals surface area contributed by atoms with Gasteiger partial charge in [0.15, 0.2) is 0 Å². The topological polar surface area (TPSA) is 55.8 Å². The van der Waals surface area contributed by atoms with E-state index in [2.05, 4.69) is 0 Å². The second-order valence-corrected chi connectivity index (χ2v) is 5.92. The van der Waals surface area contributed by atoms with E-state index in [0.717, 1.165) is 25.7 Å². The van der Waals surface area contributed by atoms with Crippen LogP contribution in [0.5, 0.6) is 0 Å². The van der Waals surface area contributed by atoms with Crippen LogP contribution in [-0.4, -0.2) is 23.0 Å². The van der Waals surface area contributed by atoms with Crippen LogP contribution < -0.4 is 0 Å². The van der Waals surface area contributed by atoms with E-state index in [4.69, 9.17) is 9.47 Å². The summed E-state index contributed by atoms with van der Waals surface area (Å²) in [7, 11) is 0. The van der Waals surface area contributed by atoms with Crippen LogP contribution in [0.2, 0.25) is 0 Å². The molecule has 1 aliphatic heterocycles. The van der Waals surface area contributed by atoms with Gasteiger partial charge in [-0.2, -0.15) is 0 Å². The Bertz CT molecular complexity index is 378. The van der Waals surface area contributed by atoms with Gasteiger partial charge in [0.05, 0.1) is 6.10 Å². The van der Waals surface area contributed by atoms with E-state index in [0.29, 0.717) is 17.8 Å². The summed E-state index contributed by atoms with van der Waals surface area (Å²) < 4.78 is 10.9. The van der Waals surface area contributed by atoms with E-state index < -0.39 is 17.9 Å². The molecule has 1 saturated carbocycles. The smallest absolute Gasteiger partial charge is 0.343 e. The molecule has 1 unspecified atom stereocenters. The van der Waals surface area contributed by atoms with Crippen molar-refractivity contribution in [3.63, 3.8) is 0 Å². The number of aliphatic hydroxyl groups is 1. The highest BCUT2D eigenvalue weighted by Crippen LogP contribution is 2.35. The summed E-state index contributed by atoms with van der Waals surface area (Å²) in [6.07, 6.45) is 5.25. The summed E-state index contributed by atoms with van der Waals surface area (Å²) in [6, 6.07) is 0. The summed E-state index contributed by atoms with van der Waals surface area (Å²) in [5, 5.41) is 10.5. The van der Waals surface area contributed by atoms with E-state index in [1.165, 1.54) is 6.42 Å². The van der Waals surface area contributed by atoms with Gasteiger partial charge < -0.3 is 14.6 Å². The fraction of sp³-hybridized carbons (Fsp3) is 0.800. The Balaban J connectivity index is 2.23. The summed E-state index contributed by atoms with van der Waals surface area (Å²) in [6.45, 7) is 5.35. The first kappa shape index (κ1) is 14.4. The largest absolute Gasteiger partial charge is 0.457 e. The highest BCUT2D eigenvalue weighted by atomic mass is 16.7. The lowest BCUT2D eigenvalue weighted by Gasteiger charge is -2.36. The third-order valence-corrected chi connectivity index (χ3v) is 3.94. The first-order valence-electron chi connectivity index (χ1n) is 7.28. The van der Waals surface area contributed by atoms with Crippen molar-refractivity contribution < 1.29 is 19.4 Å². The van der Waals surface area contributed by atoms with E-state index in [1.807, 2.05) is 6.92 Å². The van der Waals surface area contributed by atoms with Crippen LogP contribution in [0.15, 0.2) is 11.3 Å². The van der Waals surface area contributed by atoms with Crippen LogP contribution in [0.3, 0.4) is 0 Å². The zero-order valence-corrected chi connectivity index (χ0v) is 12.1. The third kappa shape index (κ3) is 3.11. The minimum absolute atomic E-state index is 0.155. The van der Waals surface area contributed by atoms with Crippen molar-refractivity contribution in [3.8, 4) is 0 Å². The SMILES string of the molecule is CCC1=C(C(O)C2CCCCC2)C(=O)OC(C)(C)O1. The number of hydrogen-bond donors (Lipinski definition) is 1. The number of ether oxygens (including phenoxy) is 2. The number of cyclic esters (lactones) is 1. The Morgan fingerprint density at radius 3 is 2.47 bits per heavy atom. The lowest BCUT2D eigenvalue weighted by Crippen LogP contribution is -2.41.